The smallest absolute Gasteiger partial charge is 0.305 e. The Kier molecular flexibility index (Phi) is 4.83. The summed E-state index contributed by atoms with van der Waals surface area (Å²) in [7, 11) is 0. The van der Waals surface area contributed by atoms with Crippen LogP contribution in [0.5, 0.6) is 0 Å². The van der Waals surface area contributed by atoms with E-state index in [-0.39, 0.29) is 12.1 Å². The predicted molar refractivity (Wildman–Crippen MR) is 80.4 cm³/mol. The van der Waals surface area contributed by atoms with Crippen LogP contribution in [0.2, 0.25) is 0 Å². The molecule has 6 nitrogen and oxygen atoms in total. The van der Waals surface area contributed by atoms with Crippen LogP contribution in [0, 0.1) is 13.8 Å². The monoisotopic (exact) mass is 299 g/mol. The van der Waals surface area contributed by atoms with E-state index < -0.39 is 17.9 Å². The van der Waals surface area contributed by atoms with E-state index in [4.69, 9.17) is 5.11 Å². The van der Waals surface area contributed by atoms with Gasteiger partial charge >= 0.3 is 5.97 Å². The second-order valence-electron chi connectivity index (χ2n) is 5.08. The van der Waals surface area contributed by atoms with Gasteiger partial charge in [-0.25, -0.2) is 4.98 Å². The molecule has 0 saturated heterocycles. The Labute approximate surface area is 128 Å². The largest absolute Gasteiger partial charge is 0.481 e. The van der Waals surface area contributed by atoms with Crippen molar-refractivity contribution in [3.8, 4) is 0 Å². The molecule has 0 radical (unpaired) electrons. The number of carbonyl (C=O) groups is 2. The van der Waals surface area contributed by atoms with Crippen molar-refractivity contribution < 1.29 is 14.7 Å². The first kappa shape index (κ1) is 15.6. The summed E-state index contributed by atoms with van der Waals surface area (Å²) >= 11 is 0. The molecular weight excluding hydrogens is 282 g/mol. The topological polar surface area (TPSA) is 92.2 Å². The lowest BCUT2D eigenvalue weighted by Gasteiger charge is -2.17. The van der Waals surface area contributed by atoms with Gasteiger partial charge in [0.15, 0.2) is 0 Å². The summed E-state index contributed by atoms with van der Waals surface area (Å²) in [5.74, 6) is -1.43. The molecule has 2 aromatic rings. The van der Waals surface area contributed by atoms with E-state index in [0.717, 1.165) is 11.1 Å². The van der Waals surface area contributed by atoms with Crippen LogP contribution in [0.15, 0.2) is 36.7 Å². The Hall–Kier alpha value is -2.76. The zero-order valence-corrected chi connectivity index (χ0v) is 12.4. The van der Waals surface area contributed by atoms with Crippen molar-refractivity contribution >= 4 is 11.9 Å². The molecular formula is C16H17N3O3. The molecule has 0 aliphatic carbocycles. The summed E-state index contributed by atoms with van der Waals surface area (Å²) < 4.78 is 0. The Morgan fingerprint density at radius 3 is 2.36 bits per heavy atom. The quantitative estimate of drug-likeness (QED) is 0.881. The highest BCUT2D eigenvalue weighted by Crippen LogP contribution is 2.18. The number of aromatic nitrogens is 2. The first-order valence-electron chi connectivity index (χ1n) is 6.83. The maximum Gasteiger partial charge on any atom is 0.305 e. The van der Waals surface area contributed by atoms with Gasteiger partial charge in [-0.3, -0.25) is 14.6 Å². The van der Waals surface area contributed by atoms with Crippen LogP contribution in [0.4, 0.5) is 0 Å². The molecule has 1 aromatic carbocycles. The second-order valence-corrected chi connectivity index (χ2v) is 5.08. The van der Waals surface area contributed by atoms with E-state index in [1.807, 2.05) is 31.2 Å². The van der Waals surface area contributed by atoms with E-state index in [1.54, 1.807) is 6.92 Å². The van der Waals surface area contributed by atoms with Crippen LogP contribution in [-0.4, -0.2) is 27.0 Å². The van der Waals surface area contributed by atoms with Crippen molar-refractivity contribution in [2.75, 3.05) is 0 Å². The zero-order valence-electron chi connectivity index (χ0n) is 12.4. The van der Waals surface area contributed by atoms with Crippen LogP contribution < -0.4 is 5.32 Å². The highest BCUT2D eigenvalue weighted by Gasteiger charge is 2.19. The minimum absolute atomic E-state index is 0.160. The maximum absolute atomic E-state index is 12.2. The summed E-state index contributed by atoms with van der Waals surface area (Å²) in [6, 6.07) is 6.76. The molecule has 2 rings (SSSR count). The Balaban J connectivity index is 2.19. The van der Waals surface area contributed by atoms with Gasteiger partial charge in [-0.05, 0) is 19.4 Å². The molecule has 1 atom stereocenters. The fourth-order valence-electron chi connectivity index (χ4n) is 1.97. The molecule has 22 heavy (non-hydrogen) atoms. The Morgan fingerprint density at radius 2 is 1.82 bits per heavy atom. The van der Waals surface area contributed by atoms with Gasteiger partial charge in [0.2, 0.25) is 0 Å². The lowest BCUT2D eigenvalue weighted by atomic mass is 10.0. The molecule has 0 aliphatic rings. The molecule has 0 fully saturated rings. The highest BCUT2D eigenvalue weighted by molar-refractivity contribution is 5.92. The van der Waals surface area contributed by atoms with Gasteiger partial charge in [-0.15, -0.1) is 0 Å². The van der Waals surface area contributed by atoms with Gasteiger partial charge in [0.1, 0.15) is 5.69 Å². The average molecular weight is 299 g/mol. The van der Waals surface area contributed by atoms with Crippen molar-refractivity contribution in [1.82, 2.24) is 15.3 Å². The van der Waals surface area contributed by atoms with Crippen molar-refractivity contribution in [3.05, 3.63) is 59.2 Å². The van der Waals surface area contributed by atoms with Gasteiger partial charge in [-0.2, -0.15) is 0 Å². The number of nitrogens with zero attached hydrogens (tertiary/aromatic N) is 2. The number of benzene rings is 1. The third-order valence-corrected chi connectivity index (χ3v) is 3.18. The normalized spacial score (nSPS) is 11.7. The molecule has 0 bridgehead atoms. The number of hydrogen-bond donors (Lipinski definition) is 2. The fourth-order valence-corrected chi connectivity index (χ4v) is 1.97. The van der Waals surface area contributed by atoms with Crippen LogP contribution in [-0.2, 0) is 4.79 Å². The van der Waals surface area contributed by atoms with E-state index >= 15 is 0 Å². The lowest BCUT2D eigenvalue weighted by Crippen LogP contribution is -2.31. The van der Waals surface area contributed by atoms with E-state index in [1.165, 1.54) is 12.4 Å². The summed E-state index contributed by atoms with van der Waals surface area (Å²) in [6.07, 6.45) is 2.67. The van der Waals surface area contributed by atoms with Crippen molar-refractivity contribution in [3.63, 3.8) is 0 Å². The third-order valence-electron chi connectivity index (χ3n) is 3.18. The molecule has 0 aliphatic heterocycles. The standard InChI is InChI=1S/C16H17N3O3/c1-10-3-5-12(6-4-10)13(7-15(20)21)19-16(22)14-9-17-11(2)8-18-14/h3-6,8-9,13H,7H2,1-2H3,(H,19,22)(H,20,21). The van der Waals surface area contributed by atoms with Gasteiger partial charge in [0.25, 0.3) is 5.91 Å². The number of amides is 1. The number of hydrogen-bond acceptors (Lipinski definition) is 4. The molecule has 0 spiro atoms. The molecule has 2 N–H and O–H groups in total. The number of rotatable bonds is 5. The molecule has 1 amide bonds. The van der Waals surface area contributed by atoms with E-state index in [2.05, 4.69) is 15.3 Å². The van der Waals surface area contributed by atoms with Crippen molar-refractivity contribution in [1.29, 1.82) is 0 Å². The minimum atomic E-state index is -0.985. The number of aryl methyl sites for hydroxylation is 2. The number of aliphatic carboxylic acids is 1. The van der Waals surface area contributed by atoms with Gasteiger partial charge in [-0.1, -0.05) is 29.8 Å². The van der Waals surface area contributed by atoms with Crippen LogP contribution >= 0.6 is 0 Å². The van der Waals surface area contributed by atoms with Crippen LogP contribution in [0.3, 0.4) is 0 Å². The summed E-state index contributed by atoms with van der Waals surface area (Å²) in [6.45, 7) is 3.71. The Bertz CT molecular complexity index is 666. The minimum Gasteiger partial charge on any atom is -0.481 e. The number of nitrogens with one attached hydrogen (secondary N) is 1. The fraction of sp³-hybridized carbons (Fsp3) is 0.250. The van der Waals surface area contributed by atoms with Crippen molar-refractivity contribution in [2.24, 2.45) is 0 Å². The maximum atomic E-state index is 12.2. The summed E-state index contributed by atoms with van der Waals surface area (Å²) in [5, 5.41) is 11.7. The highest BCUT2D eigenvalue weighted by atomic mass is 16.4. The SMILES string of the molecule is Cc1ccc(C(CC(=O)O)NC(=O)c2cnc(C)cn2)cc1. The average Bonchev–Trinajstić information content (AvgIpc) is 2.47. The lowest BCUT2D eigenvalue weighted by molar-refractivity contribution is -0.137. The van der Waals surface area contributed by atoms with E-state index in [0.29, 0.717) is 5.69 Å². The summed E-state index contributed by atoms with van der Waals surface area (Å²) in [5.41, 5.74) is 2.67. The molecule has 0 saturated carbocycles. The van der Waals surface area contributed by atoms with Gasteiger partial charge in [0, 0.05) is 6.20 Å². The van der Waals surface area contributed by atoms with Crippen LogP contribution in [0.1, 0.15) is 39.8 Å². The Morgan fingerprint density at radius 1 is 1.14 bits per heavy atom. The predicted octanol–water partition coefficient (Wildman–Crippen LogP) is 2.04. The molecule has 6 heteroatoms. The summed E-state index contributed by atoms with van der Waals surface area (Å²) in [4.78, 5) is 31.2. The van der Waals surface area contributed by atoms with Gasteiger partial charge < -0.3 is 10.4 Å². The van der Waals surface area contributed by atoms with Crippen molar-refractivity contribution in [2.45, 2.75) is 26.3 Å². The number of carboxylic acids is 1. The second kappa shape index (κ2) is 6.80. The zero-order chi connectivity index (χ0) is 16.1. The number of carbonyl (C=O) groups excluding carboxylic acids is 1. The van der Waals surface area contributed by atoms with E-state index in [9.17, 15) is 9.59 Å². The van der Waals surface area contributed by atoms with Crippen LogP contribution in [0.25, 0.3) is 0 Å². The third kappa shape index (κ3) is 4.12. The number of carboxylic acid groups (broad SMARTS) is 1. The molecule has 114 valence electrons. The molecule has 1 heterocycles. The molecule has 1 unspecified atom stereocenters. The first-order valence-corrected chi connectivity index (χ1v) is 6.83. The first-order chi connectivity index (χ1) is 10.5. The van der Waals surface area contributed by atoms with Gasteiger partial charge in [0.05, 0.1) is 24.4 Å². The molecule has 1 aromatic heterocycles.